The SMILES string of the molecule is CC(C)N1CCOC(CN2CC[C@H](N)C2)C1. The third kappa shape index (κ3) is 3.17. The van der Waals surface area contributed by atoms with Crippen LogP contribution < -0.4 is 5.73 Å². The Kier molecular flexibility index (Phi) is 4.19. The van der Waals surface area contributed by atoms with Crippen LogP contribution in [-0.2, 0) is 4.74 Å². The molecule has 0 aromatic rings. The lowest BCUT2D eigenvalue weighted by Gasteiger charge is -2.37. The van der Waals surface area contributed by atoms with Crippen LogP contribution in [0.3, 0.4) is 0 Å². The highest BCUT2D eigenvalue weighted by Crippen LogP contribution is 2.13. The summed E-state index contributed by atoms with van der Waals surface area (Å²) in [6.07, 6.45) is 1.52. The van der Waals surface area contributed by atoms with Crippen molar-refractivity contribution in [1.82, 2.24) is 9.80 Å². The molecule has 2 saturated heterocycles. The lowest BCUT2D eigenvalue weighted by atomic mass is 10.2. The monoisotopic (exact) mass is 227 g/mol. The molecule has 0 spiro atoms. The van der Waals surface area contributed by atoms with Crippen molar-refractivity contribution in [2.45, 2.75) is 38.5 Å². The van der Waals surface area contributed by atoms with E-state index in [1.54, 1.807) is 0 Å². The van der Waals surface area contributed by atoms with Gasteiger partial charge in [0.1, 0.15) is 0 Å². The fourth-order valence-corrected chi connectivity index (χ4v) is 2.64. The summed E-state index contributed by atoms with van der Waals surface area (Å²) in [5.41, 5.74) is 5.91. The molecule has 2 aliphatic rings. The maximum Gasteiger partial charge on any atom is 0.0829 e. The Labute approximate surface area is 98.7 Å². The zero-order valence-electron chi connectivity index (χ0n) is 10.6. The van der Waals surface area contributed by atoms with E-state index < -0.39 is 0 Å². The van der Waals surface area contributed by atoms with Crippen LogP contribution in [0.25, 0.3) is 0 Å². The van der Waals surface area contributed by atoms with Crippen molar-refractivity contribution in [2.24, 2.45) is 5.73 Å². The van der Waals surface area contributed by atoms with E-state index in [1.807, 2.05) is 0 Å². The first kappa shape index (κ1) is 12.3. The van der Waals surface area contributed by atoms with Gasteiger partial charge in [0.15, 0.2) is 0 Å². The van der Waals surface area contributed by atoms with Crippen LogP contribution in [0.5, 0.6) is 0 Å². The molecule has 2 aliphatic heterocycles. The Balaban J connectivity index is 1.77. The summed E-state index contributed by atoms with van der Waals surface area (Å²) in [5.74, 6) is 0. The van der Waals surface area contributed by atoms with E-state index in [0.29, 0.717) is 18.2 Å². The predicted molar refractivity (Wildman–Crippen MR) is 65.5 cm³/mol. The third-order valence-electron chi connectivity index (χ3n) is 3.67. The second kappa shape index (κ2) is 5.45. The Morgan fingerprint density at radius 1 is 1.31 bits per heavy atom. The van der Waals surface area contributed by atoms with E-state index >= 15 is 0 Å². The fraction of sp³-hybridized carbons (Fsp3) is 1.00. The van der Waals surface area contributed by atoms with Crippen LogP contribution >= 0.6 is 0 Å². The number of nitrogens with zero attached hydrogens (tertiary/aromatic N) is 2. The number of nitrogens with two attached hydrogens (primary N) is 1. The average molecular weight is 227 g/mol. The van der Waals surface area contributed by atoms with Crippen LogP contribution in [0.1, 0.15) is 20.3 Å². The second-order valence-electron chi connectivity index (χ2n) is 5.39. The number of hydrogen-bond acceptors (Lipinski definition) is 4. The molecule has 0 aromatic heterocycles. The van der Waals surface area contributed by atoms with Gasteiger partial charge in [0.05, 0.1) is 12.7 Å². The van der Waals surface area contributed by atoms with Crippen LogP contribution in [-0.4, -0.2) is 67.3 Å². The molecule has 0 saturated carbocycles. The van der Waals surface area contributed by atoms with Crippen LogP contribution in [0.2, 0.25) is 0 Å². The van der Waals surface area contributed by atoms with E-state index in [-0.39, 0.29) is 0 Å². The molecule has 0 amide bonds. The molecule has 1 unspecified atom stereocenters. The highest BCUT2D eigenvalue weighted by Gasteiger charge is 2.26. The van der Waals surface area contributed by atoms with Crippen LogP contribution in [0.15, 0.2) is 0 Å². The highest BCUT2D eigenvalue weighted by molar-refractivity contribution is 4.82. The summed E-state index contributed by atoms with van der Waals surface area (Å²) in [5, 5.41) is 0. The van der Waals surface area contributed by atoms with Crippen molar-refractivity contribution in [3.63, 3.8) is 0 Å². The average Bonchev–Trinajstić information content (AvgIpc) is 2.64. The molecular formula is C12H25N3O. The topological polar surface area (TPSA) is 41.7 Å². The lowest BCUT2D eigenvalue weighted by molar-refractivity contribution is -0.0498. The Morgan fingerprint density at radius 2 is 2.12 bits per heavy atom. The smallest absolute Gasteiger partial charge is 0.0829 e. The normalized spacial score (nSPS) is 33.8. The molecule has 2 N–H and O–H groups in total. The predicted octanol–water partition coefficient (Wildman–Crippen LogP) is 0.129. The molecule has 2 heterocycles. The molecule has 2 rings (SSSR count). The van der Waals surface area contributed by atoms with Gasteiger partial charge in [0.2, 0.25) is 0 Å². The summed E-state index contributed by atoms with van der Waals surface area (Å²) >= 11 is 0. The summed E-state index contributed by atoms with van der Waals surface area (Å²) in [4.78, 5) is 4.95. The van der Waals surface area contributed by atoms with Crippen LogP contribution in [0.4, 0.5) is 0 Å². The molecule has 0 radical (unpaired) electrons. The van der Waals surface area contributed by atoms with Crippen molar-refractivity contribution in [3.05, 3.63) is 0 Å². The summed E-state index contributed by atoms with van der Waals surface area (Å²) < 4.78 is 5.83. The van der Waals surface area contributed by atoms with Gasteiger partial charge in [-0.05, 0) is 26.8 Å². The molecule has 94 valence electrons. The molecule has 2 atom stereocenters. The maximum absolute atomic E-state index is 5.91. The van der Waals surface area contributed by atoms with E-state index in [9.17, 15) is 0 Å². The van der Waals surface area contributed by atoms with Gasteiger partial charge in [-0.15, -0.1) is 0 Å². The van der Waals surface area contributed by atoms with Gasteiger partial charge in [0, 0.05) is 38.3 Å². The third-order valence-corrected chi connectivity index (χ3v) is 3.67. The quantitative estimate of drug-likeness (QED) is 0.744. The van der Waals surface area contributed by atoms with Crippen molar-refractivity contribution in [3.8, 4) is 0 Å². The molecule has 4 heteroatoms. The van der Waals surface area contributed by atoms with Crippen molar-refractivity contribution >= 4 is 0 Å². The van der Waals surface area contributed by atoms with E-state index in [2.05, 4.69) is 23.6 Å². The summed E-state index contributed by atoms with van der Waals surface area (Å²) in [6, 6.07) is 1.01. The minimum absolute atomic E-state index is 0.376. The minimum atomic E-state index is 0.376. The minimum Gasteiger partial charge on any atom is -0.374 e. The van der Waals surface area contributed by atoms with Gasteiger partial charge in [-0.2, -0.15) is 0 Å². The second-order valence-corrected chi connectivity index (χ2v) is 5.39. The van der Waals surface area contributed by atoms with Gasteiger partial charge < -0.3 is 10.5 Å². The van der Waals surface area contributed by atoms with Crippen molar-refractivity contribution in [2.75, 3.05) is 39.3 Å². The van der Waals surface area contributed by atoms with E-state index in [4.69, 9.17) is 10.5 Å². The van der Waals surface area contributed by atoms with Gasteiger partial charge in [0.25, 0.3) is 0 Å². The Morgan fingerprint density at radius 3 is 2.75 bits per heavy atom. The molecule has 0 bridgehead atoms. The molecule has 16 heavy (non-hydrogen) atoms. The largest absolute Gasteiger partial charge is 0.374 e. The van der Waals surface area contributed by atoms with Crippen LogP contribution in [0, 0.1) is 0 Å². The van der Waals surface area contributed by atoms with Crippen molar-refractivity contribution in [1.29, 1.82) is 0 Å². The van der Waals surface area contributed by atoms with Gasteiger partial charge >= 0.3 is 0 Å². The Hall–Kier alpha value is -0.160. The number of rotatable bonds is 3. The molecule has 4 nitrogen and oxygen atoms in total. The standard InChI is InChI=1S/C12H25N3O/c1-10(2)15-5-6-16-12(9-15)8-14-4-3-11(13)7-14/h10-12H,3-9,13H2,1-2H3/t11-,12?/m0/s1. The zero-order chi connectivity index (χ0) is 11.5. The highest BCUT2D eigenvalue weighted by atomic mass is 16.5. The molecule has 0 aromatic carbocycles. The summed E-state index contributed by atoms with van der Waals surface area (Å²) in [6.45, 7) is 10.8. The zero-order valence-corrected chi connectivity index (χ0v) is 10.6. The maximum atomic E-state index is 5.91. The van der Waals surface area contributed by atoms with Gasteiger partial charge in [-0.25, -0.2) is 0 Å². The van der Waals surface area contributed by atoms with Gasteiger partial charge in [-0.1, -0.05) is 0 Å². The number of hydrogen-bond donors (Lipinski definition) is 1. The first-order valence-corrected chi connectivity index (χ1v) is 6.48. The lowest BCUT2D eigenvalue weighted by Crippen LogP contribution is -2.49. The Bertz CT molecular complexity index is 222. The van der Waals surface area contributed by atoms with Gasteiger partial charge in [-0.3, -0.25) is 9.80 Å². The van der Waals surface area contributed by atoms with E-state index in [1.165, 1.54) is 0 Å². The fourth-order valence-electron chi connectivity index (χ4n) is 2.64. The first-order chi connectivity index (χ1) is 7.65. The first-order valence-electron chi connectivity index (χ1n) is 6.48. The van der Waals surface area contributed by atoms with Crippen molar-refractivity contribution < 1.29 is 4.74 Å². The molecular weight excluding hydrogens is 202 g/mol. The molecule has 0 aliphatic carbocycles. The molecule has 2 fully saturated rings. The summed E-state index contributed by atoms with van der Waals surface area (Å²) in [7, 11) is 0. The number of ether oxygens (including phenoxy) is 1. The van der Waals surface area contributed by atoms with E-state index in [0.717, 1.165) is 45.8 Å². The number of likely N-dealkylation sites (tertiary alicyclic amines) is 1. The number of morpholine rings is 1.